The van der Waals surface area contributed by atoms with Crippen LogP contribution in [-0.2, 0) is 14.4 Å². The van der Waals surface area contributed by atoms with Crippen LogP contribution < -0.4 is 0 Å². The average Bonchev–Trinajstić information content (AvgIpc) is 2.34. The minimum absolute atomic E-state index is 0.148. The Balaban J connectivity index is 2.13. The highest BCUT2D eigenvalue weighted by molar-refractivity contribution is 6.00. The second-order valence-electron chi connectivity index (χ2n) is 4.78. The molecule has 1 heterocycles. The van der Waals surface area contributed by atoms with Crippen molar-refractivity contribution in [3.8, 4) is 0 Å². The fourth-order valence-corrected chi connectivity index (χ4v) is 2.24. The van der Waals surface area contributed by atoms with E-state index < -0.39 is 24.3 Å². The van der Waals surface area contributed by atoms with Crippen LogP contribution in [0.25, 0.3) is 0 Å². The van der Waals surface area contributed by atoms with E-state index in [1.54, 1.807) is 0 Å². The van der Waals surface area contributed by atoms with Crippen molar-refractivity contribution in [3.63, 3.8) is 0 Å². The molecule has 1 aliphatic rings. The number of amides is 2. The molecule has 0 spiro atoms. The van der Waals surface area contributed by atoms with E-state index in [4.69, 9.17) is 5.11 Å². The maximum Gasteiger partial charge on any atom is 0.323 e. The molecule has 1 N–H and O–H groups in total. The first-order valence-corrected chi connectivity index (χ1v) is 6.09. The summed E-state index contributed by atoms with van der Waals surface area (Å²) in [5.74, 6) is -2.14. The largest absolute Gasteiger partial charge is 0.480 e. The summed E-state index contributed by atoms with van der Waals surface area (Å²) < 4.78 is 0. The topological polar surface area (TPSA) is 74.7 Å². The third-order valence-electron chi connectivity index (χ3n) is 3.29. The molecule has 0 atom stereocenters. The average molecular weight is 261 g/mol. The summed E-state index contributed by atoms with van der Waals surface area (Å²) in [4.78, 5) is 35.1. The Morgan fingerprint density at radius 2 is 1.74 bits per heavy atom. The zero-order valence-corrected chi connectivity index (χ0v) is 10.6. The zero-order chi connectivity index (χ0) is 14.0. The monoisotopic (exact) mass is 261 g/mol. The Morgan fingerprint density at radius 1 is 1.21 bits per heavy atom. The number of hydrogen-bond donors (Lipinski definition) is 1. The molecule has 1 fully saturated rings. The van der Waals surface area contributed by atoms with E-state index in [2.05, 4.69) is 0 Å². The molecule has 0 unspecified atom stereocenters. The number of benzene rings is 1. The van der Waals surface area contributed by atoms with E-state index in [0.717, 1.165) is 16.0 Å². The minimum Gasteiger partial charge on any atom is -0.480 e. The van der Waals surface area contributed by atoms with Gasteiger partial charge in [0.1, 0.15) is 6.54 Å². The Kier molecular flexibility index (Phi) is 3.64. The van der Waals surface area contributed by atoms with Crippen molar-refractivity contribution in [3.05, 3.63) is 35.4 Å². The molecule has 5 heteroatoms. The lowest BCUT2D eigenvalue weighted by molar-refractivity contribution is -0.155. The third-order valence-corrected chi connectivity index (χ3v) is 3.29. The summed E-state index contributed by atoms with van der Waals surface area (Å²) in [6, 6.07) is 7.70. The van der Waals surface area contributed by atoms with Gasteiger partial charge in [-0.1, -0.05) is 29.8 Å². The van der Waals surface area contributed by atoms with Gasteiger partial charge in [0.05, 0.1) is 0 Å². The van der Waals surface area contributed by atoms with Gasteiger partial charge >= 0.3 is 5.97 Å². The lowest BCUT2D eigenvalue weighted by Crippen LogP contribution is -2.45. The Hall–Kier alpha value is -2.17. The normalized spacial score (nSPS) is 16.8. The van der Waals surface area contributed by atoms with Gasteiger partial charge in [0.15, 0.2) is 0 Å². The summed E-state index contributed by atoms with van der Waals surface area (Å²) in [6.07, 6.45) is 0.365. The lowest BCUT2D eigenvalue weighted by Gasteiger charge is -2.29. The van der Waals surface area contributed by atoms with Crippen LogP contribution in [0.15, 0.2) is 24.3 Å². The first kappa shape index (κ1) is 13.3. The van der Waals surface area contributed by atoms with Gasteiger partial charge in [-0.15, -0.1) is 0 Å². The van der Waals surface area contributed by atoms with Gasteiger partial charge in [-0.25, -0.2) is 0 Å². The zero-order valence-electron chi connectivity index (χ0n) is 10.6. The molecule has 1 aliphatic heterocycles. The molecule has 100 valence electrons. The number of imide groups is 1. The standard InChI is InChI=1S/C14H15NO4/c1-9-2-4-10(5-3-9)11-6-12(16)15(8-14(18)19)13(17)7-11/h2-5,11H,6-8H2,1H3,(H,18,19). The van der Waals surface area contributed by atoms with Crippen LogP contribution in [0.4, 0.5) is 0 Å². The maximum absolute atomic E-state index is 11.8. The number of nitrogens with zero attached hydrogens (tertiary/aromatic N) is 1. The van der Waals surface area contributed by atoms with Gasteiger partial charge < -0.3 is 5.11 Å². The minimum atomic E-state index is -1.17. The molecule has 1 saturated heterocycles. The highest BCUT2D eigenvalue weighted by Crippen LogP contribution is 2.29. The highest BCUT2D eigenvalue weighted by atomic mass is 16.4. The smallest absolute Gasteiger partial charge is 0.323 e. The van der Waals surface area contributed by atoms with Crippen LogP contribution in [0.5, 0.6) is 0 Å². The summed E-state index contributed by atoms with van der Waals surface area (Å²) in [6.45, 7) is 1.42. The van der Waals surface area contributed by atoms with Crippen molar-refractivity contribution in [2.75, 3.05) is 6.54 Å². The van der Waals surface area contributed by atoms with E-state index in [1.807, 2.05) is 31.2 Å². The van der Waals surface area contributed by atoms with Crippen LogP contribution in [0.3, 0.4) is 0 Å². The third kappa shape index (κ3) is 2.99. The maximum atomic E-state index is 11.8. The Labute approximate surface area is 110 Å². The second kappa shape index (κ2) is 5.22. The van der Waals surface area contributed by atoms with Crippen molar-refractivity contribution in [2.45, 2.75) is 25.7 Å². The lowest BCUT2D eigenvalue weighted by atomic mass is 9.88. The van der Waals surface area contributed by atoms with Gasteiger partial charge in [0.25, 0.3) is 0 Å². The molecule has 0 radical (unpaired) electrons. The molecule has 1 aromatic carbocycles. The van der Waals surface area contributed by atoms with Gasteiger partial charge in [-0.05, 0) is 12.5 Å². The van der Waals surface area contributed by atoms with E-state index >= 15 is 0 Å². The van der Waals surface area contributed by atoms with Crippen LogP contribution in [0, 0.1) is 6.92 Å². The number of carbonyl (C=O) groups excluding carboxylic acids is 2. The molecule has 19 heavy (non-hydrogen) atoms. The van der Waals surface area contributed by atoms with E-state index in [-0.39, 0.29) is 18.8 Å². The molecular weight excluding hydrogens is 246 g/mol. The number of hydrogen-bond acceptors (Lipinski definition) is 3. The second-order valence-corrected chi connectivity index (χ2v) is 4.78. The number of aryl methyl sites for hydroxylation is 1. The summed E-state index contributed by atoms with van der Waals surface area (Å²) >= 11 is 0. The molecule has 0 aromatic heterocycles. The van der Waals surface area contributed by atoms with Gasteiger partial charge in [0, 0.05) is 18.8 Å². The highest BCUT2D eigenvalue weighted by Gasteiger charge is 2.34. The molecular formula is C14H15NO4. The number of carboxylic acid groups (broad SMARTS) is 1. The quantitative estimate of drug-likeness (QED) is 0.832. The predicted octanol–water partition coefficient (Wildman–Crippen LogP) is 1.31. The first-order valence-electron chi connectivity index (χ1n) is 6.09. The Bertz CT molecular complexity index is 503. The summed E-state index contributed by atoms with van der Waals surface area (Å²) in [5.41, 5.74) is 2.06. The van der Waals surface area contributed by atoms with Gasteiger partial charge in [-0.2, -0.15) is 0 Å². The van der Waals surface area contributed by atoms with Crippen molar-refractivity contribution in [2.24, 2.45) is 0 Å². The van der Waals surface area contributed by atoms with Crippen molar-refractivity contribution in [1.29, 1.82) is 0 Å². The van der Waals surface area contributed by atoms with Crippen LogP contribution >= 0.6 is 0 Å². The van der Waals surface area contributed by atoms with Crippen molar-refractivity contribution < 1.29 is 19.5 Å². The molecule has 0 aliphatic carbocycles. The molecule has 5 nitrogen and oxygen atoms in total. The first-order chi connectivity index (χ1) is 8.97. The van der Waals surface area contributed by atoms with Crippen LogP contribution in [-0.4, -0.2) is 34.3 Å². The van der Waals surface area contributed by atoms with E-state index in [9.17, 15) is 14.4 Å². The molecule has 0 bridgehead atoms. The fraction of sp³-hybridized carbons (Fsp3) is 0.357. The molecule has 1 aromatic rings. The SMILES string of the molecule is Cc1ccc(C2CC(=O)N(CC(=O)O)C(=O)C2)cc1. The number of likely N-dealkylation sites (tertiary alicyclic amines) is 1. The van der Waals surface area contributed by atoms with Crippen LogP contribution in [0.2, 0.25) is 0 Å². The number of rotatable bonds is 3. The molecule has 0 saturated carbocycles. The number of piperidine rings is 1. The van der Waals surface area contributed by atoms with E-state index in [0.29, 0.717) is 0 Å². The Morgan fingerprint density at radius 3 is 2.21 bits per heavy atom. The van der Waals surface area contributed by atoms with Crippen molar-refractivity contribution in [1.82, 2.24) is 4.90 Å². The van der Waals surface area contributed by atoms with Crippen molar-refractivity contribution >= 4 is 17.8 Å². The predicted molar refractivity (Wildman–Crippen MR) is 67.5 cm³/mol. The number of aliphatic carboxylic acids is 1. The van der Waals surface area contributed by atoms with E-state index in [1.165, 1.54) is 0 Å². The number of carboxylic acids is 1. The summed E-state index contributed by atoms with van der Waals surface area (Å²) in [5, 5.41) is 8.67. The van der Waals surface area contributed by atoms with Crippen LogP contribution in [0.1, 0.15) is 29.9 Å². The summed E-state index contributed by atoms with van der Waals surface area (Å²) in [7, 11) is 0. The van der Waals surface area contributed by atoms with Gasteiger partial charge in [0.2, 0.25) is 11.8 Å². The molecule has 2 amide bonds. The fourth-order valence-electron chi connectivity index (χ4n) is 2.24. The van der Waals surface area contributed by atoms with Gasteiger partial charge in [-0.3, -0.25) is 19.3 Å². The molecule has 2 rings (SSSR count). The number of carbonyl (C=O) groups is 3.